The van der Waals surface area contributed by atoms with E-state index in [0.29, 0.717) is 40.3 Å². The second-order valence-electron chi connectivity index (χ2n) is 8.62. The van der Waals surface area contributed by atoms with Gasteiger partial charge in [0.25, 0.3) is 11.5 Å². The quantitative estimate of drug-likeness (QED) is 0.289. The Balaban J connectivity index is 0.000000207. The Labute approximate surface area is 233 Å². The van der Waals surface area contributed by atoms with Crippen molar-refractivity contribution in [3.05, 3.63) is 91.9 Å². The lowest BCUT2D eigenvalue weighted by Crippen LogP contribution is -2.24. The van der Waals surface area contributed by atoms with Crippen LogP contribution in [0.1, 0.15) is 38.7 Å². The minimum atomic E-state index is -0.568. The second kappa shape index (κ2) is 11.2. The molecule has 200 valence electrons. The number of nitrogens with zero attached hydrogens (tertiary/aromatic N) is 6. The van der Waals surface area contributed by atoms with Crippen LogP contribution < -0.4 is 22.3 Å². The van der Waals surface area contributed by atoms with Gasteiger partial charge in [-0.1, -0.05) is 48.4 Å². The summed E-state index contributed by atoms with van der Waals surface area (Å²) < 4.78 is 3.17. The fourth-order valence-electron chi connectivity index (χ4n) is 4.21. The minimum absolute atomic E-state index is 0.110. The Morgan fingerprint density at radius 1 is 1.12 bits per heavy atom. The van der Waals surface area contributed by atoms with Gasteiger partial charge in [0.2, 0.25) is 0 Å². The monoisotopic (exact) mass is 551 g/mol. The highest BCUT2D eigenvalue weighted by molar-refractivity contribution is 7.11. The van der Waals surface area contributed by atoms with E-state index in [1.807, 2.05) is 68.5 Å². The van der Waals surface area contributed by atoms with E-state index in [0.717, 1.165) is 16.5 Å². The topological polar surface area (TPSA) is 160 Å². The third-order valence-electron chi connectivity index (χ3n) is 5.95. The molecule has 0 spiro atoms. The van der Waals surface area contributed by atoms with E-state index in [1.54, 1.807) is 10.8 Å². The highest BCUT2D eigenvalue weighted by atomic mass is 32.1. The Kier molecular flexibility index (Phi) is 7.39. The molecule has 0 fully saturated rings. The first-order valence-corrected chi connectivity index (χ1v) is 13.2. The molecule has 1 aliphatic heterocycles. The van der Waals surface area contributed by atoms with Gasteiger partial charge in [0.1, 0.15) is 22.2 Å². The van der Waals surface area contributed by atoms with Gasteiger partial charge >= 0.3 is 0 Å². The number of para-hydroxylation sites is 1. The van der Waals surface area contributed by atoms with Gasteiger partial charge in [0.15, 0.2) is 10.8 Å². The number of benzene rings is 2. The van der Waals surface area contributed by atoms with Crippen molar-refractivity contribution in [3.8, 4) is 17.5 Å². The van der Waals surface area contributed by atoms with E-state index in [9.17, 15) is 9.59 Å². The molecule has 0 bridgehead atoms. The lowest BCUT2D eigenvalue weighted by atomic mass is 10.1. The first-order chi connectivity index (χ1) is 19.4. The van der Waals surface area contributed by atoms with Crippen molar-refractivity contribution in [1.29, 1.82) is 0 Å². The molecule has 5 aromatic rings. The summed E-state index contributed by atoms with van der Waals surface area (Å²) >= 11 is 1.43. The molecule has 6 rings (SSSR count). The molecule has 0 aliphatic carbocycles. The van der Waals surface area contributed by atoms with Crippen LogP contribution in [-0.4, -0.2) is 42.0 Å². The second-order valence-corrected chi connectivity index (χ2v) is 9.80. The van der Waals surface area contributed by atoms with Gasteiger partial charge in [-0.2, -0.15) is 0 Å². The third-order valence-corrected chi connectivity index (χ3v) is 6.70. The molecule has 0 unspecified atom stereocenters. The maximum atomic E-state index is 13.4. The fourth-order valence-corrected chi connectivity index (χ4v) is 4.75. The molecule has 40 heavy (non-hydrogen) atoms. The number of fused-ring (bicyclic) bond motifs is 2. The first-order valence-electron chi connectivity index (χ1n) is 12.4. The minimum Gasteiger partial charge on any atom is -0.381 e. The molecule has 4 heterocycles. The maximum absolute atomic E-state index is 13.4. The molecular formula is C28H25N9O2S. The van der Waals surface area contributed by atoms with Gasteiger partial charge in [-0.05, 0) is 43.2 Å². The zero-order valence-corrected chi connectivity index (χ0v) is 22.6. The summed E-state index contributed by atoms with van der Waals surface area (Å²) in [6, 6.07) is 15.1. The molecule has 1 aliphatic rings. The molecule has 0 saturated heterocycles. The predicted molar refractivity (Wildman–Crippen MR) is 156 cm³/mol. The van der Waals surface area contributed by atoms with Gasteiger partial charge in [0, 0.05) is 24.7 Å². The van der Waals surface area contributed by atoms with Crippen molar-refractivity contribution in [3.63, 3.8) is 0 Å². The SMILES string of the molecule is CCc1nc2cccc(C#Cc3nnc(C)s3)c2c(=O)n1-c1ccccc1.NC(=O)c1c(N)nn2c1NCC=C2. The molecule has 0 atom stereocenters. The van der Waals surface area contributed by atoms with Crippen LogP contribution in [-0.2, 0) is 6.42 Å². The Hall–Kier alpha value is -5.28. The van der Waals surface area contributed by atoms with Crippen molar-refractivity contribution in [1.82, 2.24) is 29.5 Å². The number of nitrogen functional groups attached to an aromatic ring is 1. The highest BCUT2D eigenvalue weighted by Gasteiger charge is 2.20. The van der Waals surface area contributed by atoms with Gasteiger partial charge < -0.3 is 16.8 Å². The lowest BCUT2D eigenvalue weighted by molar-refractivity contribution is 0.100. The zero-order valence-electron chi connectivity index (χ0n) is 21.8. The Bertz CT molecular complexity index is 1880. The van der Waals surface area contributed by atoms with E-state index in [-0.39, 0.29) is 16.9 Å². The van der Waals surface area contributed by atoms with Crippen molar-refractivity contribution in [2.45, 2.75) is 20.3 Å². The number of nitrogens with one attached hydrogen (secondary N) is 1. The van der Waals surface area contributed by atoms with Crippen molar-refractivity contribution in [2.75, 3.05) is 17.6 Å². The molecular weight excluding hydrogens is 526 g/mol. The van der Waals surface area contributed by atoms with E-state index >= 15 is 0 Å². The zero-order chi connectivity index (χ0) is 28.2. The van der Waals surface area contributed by atoms with Crippen LogP contribution in [0.4, 0.5) is 11.6 Å². The number of hydrogen-bond acceptors (Lipinski definition) is 9. The summed E-state index contributed by atoms with van der Waals surface area (Å²) in [6.45, 7) is 4.52. The van der Waals surface area contributed by atoms with Crippen LogP contribution in [0, 0.1) is 18.8 Å². The summed E-state index contributed by atoms with van der Waals surface area (Å²) in [4.78, 5) is 29.1. The summed E-state index contributed by atoms with van der Waals surface area (Å²) in [5, 5.41) is 16.9. The summed E-state index contributed by atoms with van der Waals surface area (Å²) in [6.07, 6.45) is 4.25. The number of nitrogens with two attached hydrogens (primary N) is 2. The summed E-state index contributed by atoms with van der Waals surface area (Å²) in [7, 11) is 0. The standard InChI is InChI=1S/C21H16N4OS.C7H9N5O/c1-3-18-22-17-11-7-8-15(12-13-19-24-23-14(2)27-19)20(17)21(26)25(18)16-9-5-4-6-10-16;8-5-4(6(9)13)7-10-2-1-3-12(7)11-5/h4-11H,3H2,1-2H3;1,3,10H,2H2,(H2,8,11)(H2,9,13). The predicted octanol–water partition coefficient (Wildman–Crippen LogP) is 2.97. The third kappa shape index (κ3) is 5.18. The van der Waals surface area contributed by atoms with Crippen LogP contribution in [0.25, 0.3) is 22.8 Å². The molecule has 2 aromatic carbocycles. The number of amides is 1. The van der Waals surface area contributed by atoms with Gasteiger partial charge in [-0.15, -0.1) is 15.3 Å². The van der Waals surface area contributed by atoms with Crippen LogP contribution in [0.3, 0.4) is 0 Å². The van der Waals surface area contributed by atoms with Crippen LogP contribution in [0.5, 0.6) is 0 Å². The van der Waals surface area contributed by atoms with Gasteiger partial charge in [0.05, 0.1) is 16.6 Å². The number of anilines is 2. The van der Waals surface area contributed by atoms with E-state index in [4.69, 9.17) is 16.5 Å². The summed E-state index contributed by atoms with van der Waals surface area (Å²) in [5.74, 6) is 6.96. The Morgan fingerprint density at radius 2 is 1.93 bits per heavy atom. The average Bonchev–Trinajstić information content (AvgIpc) is 3.53. The van der Waals surface area contributed by atoms with E-state index in [2.05, 4.69) is 32.5 Å². The highest BCUT2D eigenvalue weighted by Crippen LogP contribution is 2.23. The number of primary amides is 1. The van der Waals surface area contributed by atoms with E-state index < -0.39 is 5.91 Å². The molecule has 1 amide bonds. The van der Waals surface area contributed by atoms with Crippen molar-refractivity contribution < 1.29 is 4.79 Å². The fraction of sp³-hybridized carbons (Fsp3) is 0.143. The number of aryl methyl sites for hydroxylation is 2. The van der Waals surface area contributed by atoms with Crippen molar-refractivity contribution >= 4 is 46.0 Å². The maximum Gasteiger partial charge on any atom is 0.267 e. The Morgan fingerprint density at radius 3 is 2.62 bits per heavy atom. The number of carbonyl (C=O) groups is 1. The average molecular weight is 552 g/mol. The molecule has 12 heteroatoms. The number of rotatable bonds is 3. The number of hydrogen-bond donors (Lipinski definition) is 3. The largest absolute Gasteiger partial charge is 0.381 e. The summed E-state index contributed by atoms with van der Waals surface area (Å²) in [5.41, 5.74) is 12.9. The van der Waals surface area contributed by atoms with Gasteiger partial charge in [-0.25, -0.2) is 9.67 Å². The van der Waals surface area contributed by atoms with Crippen LogP contribution >= 0.6 is 11.3 Å². The molecule has 3 aromatic heterocycles. The normalized spacial score (nSPS) is 11.6. The van der Waals surface area contributed by atoms with Crippen LogP contribution in [0.2, 0.25) is 0 Å². The smallest absolute Gasteiger partial charge is 0.267 e. The molecule has 5 N–H and O–H groups in total. The lowest BCUT2D eigenvalue weighted by Gasteiger charge is -2.13. The number of carbonyl (C=O) groups excluding carboxylic acids is 1. The first kappa shape index (κ1) is 26.3. The molecule has 0 saturated carbocycles. The van der Waals surface area contributed by atoms with Crippen LogP contribution in [0.15, 0.2) is 59.4 Å². The number of aromatic nitrogens is 6. The van der Waals surface area contributed by atoms with Gasteiger partial charge in [-0.3, -0.25) is 14.2 Å². The molecule has 0 radical (unpaired) electrons. The van der Waals surface area contributed by atoms with Crippen molar-refractivity contribution in [2.24, 2.45) is 5.73 Å². The van der Waals surface area contributed by atoms with E-state index in [1.165, 1.54) is 16.0 Å². The molecule has 11 nitrogen and oxygen atoms in total.